The van der Waals surface area contributed by atoms with Gasteiger partial charge in [-0.1, -0.05) is 12.1 Å². The van der Waals surface area contributed by atoms with Crippen LogP contribution in [-0.2, 0) is 4.79 Å². The molecule has 3 rings (SSSR count). The maximum atomic E-state index is 13.1. The fourth-order valence-corrected chi connectivity index (χ4v) is 2.19. The molecule has 0 radical (unpaired) electrons. The Kier molecular flexibility index (Phi) is 3.60. The number of fused-ring (bicyclic) bond motifs is 1. The number of nitrogens with zero attached hydrogens (tertiary/aromatic N) is 2. The summed E-state index contributed by atoms with van der Waals surface area (Å²) in [7, 11) is 0. The van der Waals surface area contributed by atoms with E-state index in [0.717, 1.165) is 11.0 Å². The molecule has 0 unspecified atom stereocenters. The van der Waals surface area contributed by atoms with Crippen molar-refractivity contribution in [2.24, 2.45) is 5.73 Å². The predicted octanol–water partition coefficient (Wildman–Crippen LogP) is 2.45. The van der Waals surface area contributed by atoms with Crippen LogP contribution in [0, 0.1) is 5.82 Å². The molecular weight excluding hydrogens is 283 g/mol. The highest BCUT2D eigenvalue weighted by Gasteiger charge is 2.16. The van der Waals surface area contributed by atoms with Crippen molar-refractivity contribution >= 4 is 22.9 Å². The molecule has 0 saturated carbocycles. The summed E-state index contributed by atoms with van der Waals surface area (Å²) < 4.78 is 14.9. The second kappa shape index (κ2) is 5.57. The number of benzene rings is 2. The number of carbonyl (C=O) groups excluding carboxylic acids is 1. The van der Waals surface area contributed by atoms with Crippen molar-refractivity contribution in [2.75, 3.05) is 5.32 Å². The first-order chi connectivity index (χ1) is 10.6. The van der Waals surface area contributed by atoms with E-state index in [9.17, 15) is 9.18 Å². The molecule has 3 aromatic rings. The molecule has 0 aliphatic carbocycles. The van der Waals surface area contributed by atoms with Crippen molar-refractivity contribution in [3.8, 4) is 5.69 Å². The van der Waals surface area contributed by atoms with E-state index < -0.39 is 6.04 Å². The second-order valence-corrected chi connectivity index (χ2v) is 5.01. The lowest BCUT2D eigenvalue weighted by molar-refractivity contribution is -0.117. The topological polar surface area (TPSA) is 72.9 Å². The number of halogens is 1. The summed E-state index contributed by atoms with van der Waals surface area (Å²) in [5, 5.41) is 2.71. The third-order valence-corrected chi connectivity index (χ3v) is 3.29. The summed E-state index contributed by atoms with van der Waals surface area (Å²) in [4.78, 5) is 16.3. The van der Waals surface area contributed by atoms with E-state index in [2.05, 4.69) is 10.3 Å². The average Bonchev–Trinajstić information content (AvgIpc) is 2.86. The molecule has 2 aromatic carbocycles. The van der Waals surface area contributed by atoms with Crippen LogP contribution in [0.3, 0.4) is 0 Å². The minimum absolute atomic E-state index is 0.325. The third kappa shape index (κ3) is 2.56. The van der Waals surface area contributed by atoms with Gasteiger partial charge in [0.05, 0.1) is 17.1 Å². The lowest BCUT2D eigenvalue weighted by Gasteiger charge is -2.11. The largest absolute Gasteiger partial charge is 0.320 e. The van der Waals surface area contributed by atoms with Gasteiger partial charge in [-0.3, -0.25) is 14.7 Å². The monoisotopic (exact) mass is 298 g/mol. The van der Waals surface area contributed by atoms with E-state index in [1.807, 2.05) is 24.3 Å². The number of hydrogen-bond donors (Lipinski definition) is 2. The van der Waals surface area contributed by atoms with Gasteiger partial charge in [0.15, 0.2) is 0 Å². The highest BCUT2D eigenvalue weighted by molar-refractivity contribution is 5.95. The van der Waals surface area contributed by atoms with E-state index in [0.29, 0.717) is 11.6 Å². The Morgan fingerprint density at radius 1 is 1.23 bits per heavy atom. The van der Waals surface area contributed by atoms with Crippen LogP contribution in [0.5, 0.6) is 0 Å². The van der Waals surface area contributed by atoms with Gasteiger partial charge in [0.1, 0.15) is 5.82 Å². The molecule has 0 fully saturated rings. The summed E-state index contributed by atoms with van der Waals surface area (Å²) in [6, 6.07) is 12.8. The molecule has 1 amide bonds. The van der Waals surface area contributed by atoms with Crippen LogP contribution in [0.1, 0.15) is 6.92 Å². The fourth-order valence-electron chi connectivity index (χ4n) is 2.19. The Hall–Kier alpha value is -2.73. The smallest absolute Gasteiger partial charge is 0.243 e. The highest BCUT2D eigenvalue weighted by Crippen LogP contribution is 2.24. The lowest BCUT2D eigenvalue weighted by Crippen LogP contribution is -2.33. The zero-order valence-electron chi connectivity index (χ0n) is 12.0. The zero-order chi connectivity index (χ0) is 15.7. The number of rotatable bonds is 3. The number of anilines is 1. The molecule has 1 aromatic heterocycles. The maximum absolute atomic E-state index is 13.1. The summed E-state index contributed by atoms with van der Waals surface area (Å²) in [6.45, 7) is 1.60. The minimum atomic E-state index is -0.651. The van der Waals surface area contributed by atoms with Crippen LogP contribution < -0.4 is 11.1 Å². The van der Waals surface area contributed by atoms with E-state index in [1.165, 1.54) is 12.1 Å². The predicted molar refractivity (Wildman–Crippen MR) is 83.3 cm³/mol. The quantitative estimate of drug-likeness (QED) is 0.780. The van der Waals surface area contributed by atoms with E-state index in [1.54, 1.807) is 23.6 Å². The van der Waals surface area contributed by atoms with Gasteiger partial charge in [-0.15, -0.1) is 0 Å². The van der Waals surface area contributed by atoms with Crippen LogP contribution in [0.4, 0.5) is 10.3 Å². The molecule has 0 spiro atoms. The normalized spacial score (nSPS) is 12.3. The van der Waals surface area contributed by atoms with Crippen molar-refractivity contribution in [2.45, 2.75) is 13.0 Å². The van der Waals surface area contributed by atoms with E-state index in [4.69, 9.17) is 5.73 Å². The van der Waals surface area contributed by atoms with Gasteiger partial charge in [0.25, 0.3) is 0 Å². The molecule has 0 saturated heterocycles. The van der Waals surface area contributed by atoms with Crippen LogP contribution in [0.25, 0.3) is 16.7 Å². The molecule has 0 bridgehead atoms. The zero-order valence-corrected chi connectivity index (χ0v) is 12.0. The van der Waals surface area contributed by atoms with Crippen molar-refractivity contribution in [3.05, 3.63) is 54.3 Å². The van der Waals surface area contributed by atoms with Gasteiger partial charge in [-0.05, 0) is 43.3 Å². The number of carbonyl (C=O) groups is 1. The van der Waals surface area contributed by atoms with Gasteiger partial charge in [-0.2, -0.15) is 0 Å². The van der Waals surface area contributed by atoms with Crippen molar-refractivity contribution in [1.82, 2.24) is 9.55 Å². The highest BCUT2D eigenvalue weighted by atomic mass is 19.1. The molecule has 3 N–H and O–H groups in total. The average molecular weight is 298 g/mol. The van der Waals surface area contributed by atoms with Crippen molar-refractivity contribution in [1.29, 1.82) is 0 Å². The lowest BCUT2D eigenvalue weighted by atomic mass is 10.2. The number of imidazole rings is 1. The Labute approximate surface area is 126 Å². The molecule has 1 atom stereocenters. The maximum Gasteiger partial charge on any atom is 0.243 e. The number of nitrogens with two attached hydrogens (primary N) is 1. The Morgan fingerprint density at radius 2 is 1.91 bits per heavy atom. The van der Waals surface area contributed by atoms with Crippen LogP contribution in [0.2, 0.25) is 0 Å². The number of hydrogen-bond acceptors (Lipinski definition) is 3. The first-order valence-electron chi connectivity index (χ1n) is 6.86. The van der Waals surface area contributed by atoms with Gasteiger partial charge in [0.2, 0.25) is 11.9 Å². The minimum Gasteiger partial charge on any atom is -0.320 e. The number of nitrogens with one attached hydrogen (secondary N) is 1. The second-order valence-electron chi connectivity index (χ2n) is 5.01. The molecule has 6 heteroatoms. The van der Waals surface area contributed by atoms with Crippen LogP contribution in [0.15, 0.2) is 48.5 Å². The first kappa shape index (κ1) is 14.2. The van der Waals surface area contributed by atoms with E-state index >= 15 is 0 Å². The summed E-state index contributed by atoms with van der Waals surface area (Å²) in [5.41, 5.74) is 7.83. The number of amides is 1. The van der Waals surface area contributed by atoms with E-state index in [-0.39, 0.29) is 11.7 Å². The van der Waals surface area contributed by atoms with Crippen molar-refractivity contribution < 1.29 is 9.18 Å². The molecule has 112 valence electrons. The standard InChI is InChI=1S/C16H15FN4O/c1-10(18)15(22)20-16-19-13-4-2-3-5-14(13)21(16)12-8-6-11(17)7-9-12/h2-10H,18H2,1H3,(H,19,20,22)/t10-/m1/s1. The van der Waals surface area contributed by atoms with Gasteiger partial charge < -0.3 is 5.73 Å². The summed E-state index contributed by atoms with van der Waals surface area (Å²) in [5.74, 6) is -0.303. The van der Waals surface area contributed by atoms with Crippen LogP contribution in [-0.4, -0.2) is 21.5 Å². The number of para-hydroxylation sites is 2. The van der Waals surface area contributed by atoms with Gasteiger partial charge >= 0.3 is 0 Å². The molecule has 1 heterocycles. The molecule has 0 aliphatic heterocycles. The first-order valence-corrected chi connectivity index (χ1v) is 6.86. The summed E-state index contributed by atoms with van der Waals surface area (Å²) in [6.07, 6.45) is 0. The molecule has 22 heavy (non-hydrogen) atoms. The summed E-state index contributed by atoms with van der Waals surface area (Å²) >= 11 is 0. The fraction of sp³-hybridized carbons (Fsp3) is 0.125. The van der Waals surface area contributed by atoms with Crippen LogP contribution >= 0.6 is 0 Å². The Balaban J connectivity index is 2.16. The SMILES string of the molecule is C[C@@H](N)C(=O)Nc1nc2ccccc2n1-c1ccc(F)cc1. The van der Waals surface area contributed by atoms with Crippen molar-refractivity contribution in [3.63, 3.8) is 0 Å². The van der Waals surface area contributed by atoms with Gasteiger partial charge in [-0.25, -0.2) is 9.37 Å². The Bertz CT molecular complexity index is 824. The number of aromatic nitrogens is 2. The van der Waals surface area contributed by atoms with Gasteiger partial charge in [0, 0.05) is 5.69 Å². The Morgan fingerprint density at radius 3 is 2.59 bits per heavy atom. The third-order valence-electron chi connectivity index (χ3n) is 3.29. The molecule has 5 nitrogen and oxygen atoms in total. The molecule has 0 aliphatic rings. The molecular formula is C16H15FN4O.